The minimum absolute atomic E-state index is 0.738. The van der Waals surface area contributed by atoms with Gasteiger partial charge in [-0.3, -0.25) is 4.90 Å². The lowest BCUT2D eigenvalue weighted by Crippen LogP contribution is -2.38. The molecular formula is C17H30N2Si. The van der Waals surface area contributed by atoms with Crippen LogP contribution < -0.4 is 5.19 Å². The molecule has 1 atom stereocenters. The molecule has 20 heavy (non-hydrogen) atoms. The third-order valence-corrected chi connectivity index (χ3v) is 6.35. The molecule has 1 unspecified atom stereocenters. The van der Waals surface area contributed by atoms with Crippen LogP contribution in [0.4, 0.5) is 0 Å². The van der Waals surface area contributed by atoms with Crippen molar-refractivity contribution in [3.8, 4) is 0 Å². The normalized spacial score (nSPS) is 20.8. The Labute approximate surface area is 125 Å². The van der Waals surface area contributed by atoms with Crippen LogP contribution in [0.15, 0.2) is 24.3 Å². The van der Waals surface area contributed by atoms with Crippen LogP contribution in [0.1, 0.15) is 18.4 Å². The highest BCUT2D eigenvalue weighted by Gasteiger charge is 2.25. The highest BCUT2D eigenvalue weighted by Crippen LogP contribution is 2.20. The summed E-state index contributed by atoms with van der Waals surface area (Å²) in [7, 11) is 3.20. The summed E-state index contributed by atoms with van der Waals surface area (Å²) >= 11 is 0. The predicted octanol–water partition coefficient (Wildman–Crippen LogP) is 2.76. The van der Waals surface area contributed by atoms with Crippen LogP contribution in [-0.4, -0.2) is 51.1 Å². The van der Waals surface area contributed by atoms with Crippen LogP contribution in [0.2, 0.25) is 19.6 Å². The molecule has 2 rings (SSSR count). The maximum Gasteiger partial charge on any atom is 0.0775 e. The molecule has 0 spiro atoms. The van der Waals surface area contributed by atoms with Crippen molar-refractivity contribution >= 4 is 13.3 Å². The molecule has 1 aliphatic heterocycles. The van der Waals surface area contributed by atoms with E-state index in [-0.39, 0.29) is 0 Å². The molecule has 1 fully saturated rings. The molecular weight excluding hydrogens is 260 g/mol. The van der Waals surface area contributed by atoms with Crippen molar-refractivity contribution < 1.29 is 0 Å². The Bertz CT molecular complexity index is 420. The largest absolute Gasteiger partial charge is 0.308 e. The minimum Gasteiger partial charge on any atom is -0.308 e. The second-order valence-electron chi connectivity index (χ2n) is 7.48. The van der Waals surface area contributed by atoms with Crippen LogP contribution >= 0.6 is 0 Å². The van der Waals surface area contributed by atoms with E-state index in [1.807, 2.05) is 0 Å². The Morgan fingerprint density at radius 3 is 2.35 bits per heavy atom. The van der Waals surface area contributed by atoms with Crippen molar-refractivity contribution in [2.75, 3.05) is 27.2 Å². The maximum absolute atomic E-state index is 2.66. The molecule has 0 radical (unpaired) electrons. The zero-order chi connectivity index (χ0) is 14.8. The molecule has 0 aliphatic carbocycles. The van der Waals surface area contributed by atoms with Gasteiger partial charge in [-0.1, -0.05) is 49.1 Å². The van der Waals surface area contributed by atoms with Gasteiger partial charge in [0.15, 0.2) is 0 Å². The Morgan fingerprint density at radius 1 is 1.15 bits per heavy atom. The lowest BCUT2D eigenvalue weighted by Gasteiger charge is -2.27. The molecule has 2 nitrogen and oxygen atoms in total. The number of rotatable bonds is 5. The topological polar surface area (TPSA) is 6.48 Å². The zero-order valence-electron chi connectivity index (χ0n) is 13.8. The van der Waals surface area contributed by atoms with Crippen LogP contribution in [0.5, 0.6) is 0 Å². The fraction of sp³-hybridized carbons (Fsp3) is 0.647. The standard InChI is InChI=1S/C17H30N2Si/c1-18(2)14-16-7-6-12-19(16)13-15-8-10-17(11-9-15)20(3,4)5/h8-11,16H,6-7,12-14H2,1-5H3. The van der Waals surface area contributed by atoms with E-state index in [9.17, 15) is 0 Å². The molecule has 1 aromatic carbocycles. The Kier molecular flexibility index (Phi) is 5.05. The summed E-state index contributed by atoms with van der Waals surface area (Å²) in [6.45, 7) is 10.8. The van der Waals surface area contributed by atoms with Crippen molar-refractivity contribution in [1.29, 1.82) is 0 Å². The predicted molar refractivity (Wildman–Crippen MR) is 91.4 cm³/mol. The van der Waals surface area contributed by atoms with Crippen LogP contribution in [0.3, 0.4) is 0 Å². The minimum atomic E-state index is -1.16. The molecule has 0 N–H and O–H groups in total. The van der Waals surface area contributed by atoms with E-state index in [4.69, 9.17) is 0 Å². The second kappa shape index (κ2) is 6.42. The summed E-state index contributed by atoms with van der Waals surface area (Å²) in [6.07, 6.45) is 2.71. The van der Waals surface area contributed by atoms with Gasteiger partial charge in [-0.25, -0.2) is 0 Å². The van der Waals surface area contributed by atoms with Gasteiger partial charge in [-0.05, 0) is 39.0 Å². The number of likely N-dealkylation sites (N-methyl/N-ethyl adjacent to an activating group) is 1. The van der Waals surface area contributed by atoms with Crippen LogP contribution in [-0.2, 0) is 6.54 Å². The number of likely N-dealkylation sites (tertiary alicyclic amines) is 1. The number of nitrogens with zero attached hydrogens (tertiary/aromatic N) is 2. The van der Waals surface area contributed by atoms with Crippen LogP contribution in [0, 0.1) is 0 Å². The molecule has 1 heterocycles. The Hall–Kier alpha value is -0.643. The molecule has 1 aliphatic rings. The van der Waals surface area contributed by atoms with Gasteiger partial charge in [0.25, 0.3) is 0 Å². The lowest BCUT2D eigenvalue weighted by atomic mass is 10.1. The van der Waals surface area contributed by atoms with Gasteiger partial charge < -0.3 is 4.90 Å². The highest BCUT2D eigenvalue weighted by molar-refractivity contribution is 6.88. The maximum atomic E-state index is 2.66. The van der Waals surface area contributed by atoms with E-state index in [0.717, 1.165) is 12.6 Å². The fourth-order valence-corrected chi connectivity index (χ4v) is 4.24. The van der Waals surface area contributed by atoms with E-state index >= 15 is 0 Å². The quantitative estimate of drug-likeness (QED) is 0.770. The number of benzene rings is 1. The molecule has 0 bridgehead atoms. The third kappa shape index (κ3) is 4.17. The molecule has 3 heteroatoms. The number of hydrogen-bond donors (Lipinski definition) is 0. The number of hydrogen-bond acceptors (Lipinski definition) is 2. The molecule has 0 amide bonds. The van der Waals surface area contributed by atoms with E-state index in [0.29, 0.717) is 0 Å². The average molecular weight is 291 g/mol. The Balaban J connectivity index is 1.99. The monoisotopic (exact) mass is 290 g/mol. The summed E-state index contributed by atoms with van der Waals surface area (Å²) in [5.41, 5.74) is 1.47. The summed E-state index contributed by atoms with van der Waals surface area (Å²) in [5.74, 6) is 0. The van der Waals surface area contributed by atoms with Gasteiger partial charge in [-0.2, -0.15) is 0 Å². The van der Waals surface area contributed by atoms with E-state index in [1.165, 1.54) is 31.5 Å². The fourth-order valence-electron chi connectivity index (χ4n) is 3.08. The summed E-state index contributed by atoms with van der Waals surface area (Å²) in [4.78, 5) is 4.97. The first kappa shape index (κ1) is 15.7. The van der Waals surface area contributed by atoms with Gasteiger partial charge in [-0.15, -0.1) is 0 Å². The van der Waals surface area contributed by atoms with Gasteiger partial charge in [0.1, 0.15) is 0 Å². The first-order valence-electron chi connectivity index (χ1n) is 7.84. The Morgan fingerprint density at radius 2 is 1.80 bits per heavy atom. The van der Waals surface area contributed by atoms with Crippen LogP contribution in [0.25, 0.3) is 0 Å². The first-order chi connectivity index (χ1) is 9.36. The second-order valence-corrected chi connectivity index (χ2v) is 12.6. The molecule has 0 aromatic heterocycles. The summed E-state index contributed by atoms with van der Waals surface area (Å²) in [6, 6.07) is 10.1. The summed E-state index contributed by atoms with van der Waals surface area (Å²) in [5, 5.41) is 1.56. The van der Waals surface area contributed by atoms with E-state index in [1.54, 1.807) is 5.19 Å². The molecule has 1 saturated heterocycles. The highest BCUT2D eigenvalue weighted by atomic mass is 28.3. The van der Waals surface area contributed by atoms with Gasteiger partial charge in [0.2, 0.25) is 0 Å². The third-order valence-electron chi connectivity index (χ3n) is 4.28. The van der Waals surface area contributed by atoms with Gasteiger partial charge in [0, 0.05) is 19.1 Å². The smallest absolute Gasteiger partial charge is 0.0775 e. The molecule has 1 aromatic rings. The van der Waals surface area contributed by atoms with Gasteiger partial charge >= 0.3 is 0 Å². The molecule has 112 valence electrons. The average Bonchev–Trinajstić information content (AvgIpc) is 2.75. The van der Waals surface area contributed by atoms with Crippen molar-refractivity contribution in [2.24, 2.45) is 0 Å². The molecule has 0 saturated carbocycles. The van der Waals surface area contributed by atoms with Crippen molar-refractivity contribution in [1.82, 2.24) is 9.80 Å². The first-order valence-corrected chi connectivity index (χ1v) is 11.3. The van der Waals surface area contributed by atoms with E-state index < -0.39 is 8.07 Å². The van der Waals surface area contributed by atoms with Crippen molar-refractivity contribution in [3.63, 3.8) is 0 Å². The zero-order valence-corrected chi connectivity index (χ0v) is 14.8. The van der Waals surface area contributed by atoms with Crippen molar-refractivity contribution in [3.05, 3.63) is 29.8 Å². The summed E-state index contributed by atoms with van der Waals surface area (Å²) < 4.78 is 0. The lowest BCUT2D eigenvalue weighted by molar-refractivity contribution is 0.201. The van der Waals surface area contributed by atoms with Crippen molar-refractivity contribution in [2.45, 2.75) is 45.1 Å². The van der Waals surface area contributed by atoms with Gasteiger partial charge in [0.05, 0.1) is 8.07 Å². The SMILES string of the molecule is CN(C)CC1CCCN1Cc1ccc([Si](C)(C)C)cc1. The van der Waals surface area contributed by atoms with E-state index in [2.05, 4.69) is 67.8 Å².